The van der Waals surface area contributed by atoms with Crippen molar-refractivity contribution in [3.63, 3.8) is 0 Å². The van der Waals surface area contributed by atoms with E-state index in [0.29, 0.717) is 0 Å². The van der Waals surface area contributed by atoms with E-state index < -0.39 is 5.91 Å². The highest BCUT2D eigenvalue weighted by Gasteiger charge is 2.12. The lowest BCUT2D eigenvalue weighted by atomic mass is 10.0. The number of primary amides is 1. The van der Waals surface area contributed by atoms with E-state index in [1.807, 2.05) is 30.3 Å². The van der Waals surface area contributed by atoms with Gasteiger partial charge in [0, 0.05) is 24.0 Å². The average Bonchev–Trinajstić information content (AvgIpc) is 2.27. The van der Waals surface area contributed by atoms with Crippen LogP contribution >= 0.6 is 0 Å². The van der Waals surface area contributed by atoms with Crippen LogP contribution in [0.1, 0.15) is 18.0 Å². The molecule has 1 unspecified atom stereocenters. The second-order valence-electron chi connectivity index (χ2n) is 3.69. The number of nitrogens with two attached hydrogens (primary N) is 2. The van der Waals surface area contributed by atoms with Crippen molar-refractivity contribution in [2.24, 2.45) is 11.5 Å². The molecule has 16 heavy (non-hydrogen) atoms. The second kappa shape index (κ2) is 4.28. The Kier molecular flexibility index (Phi) is 2.83. The van der Waals surface area contributed by atoms with E-state index in [1.165, 1.54) is 0 Å². The zero-order chi connectivity index (χ0) is 11.5. The molecule has 1 aromatic carbocycles. The fourth-order valence-corrected chi connectivity index (χ4v) is 1.77. The SMILES string of the molecule is NC(=O)CC(N)c1ccnc2ccccc12. The van der Waals surface area contributed by atoms with Gasteiger partial charge in [0.05, 0.1) is 5.52 Å². The Balaban J connectivity index is 2.47. The van der Waals surface area contributed by atoms with Gasteiger partial charge in [-0.3, -0.25) is 9.78 Å². The summed E-state index contributed by atoms with van der Waals surface area (Å²) in [4.78, 5) is 15.1. The number of hydrogen-bond acceptors (Lipinski definition) is 3. The fraction of sp³-hybridized carbons (Fsp3) is 0.167. The maximum atomic E-state index is 10.8. The molecular weight excluding hydrogens is 202 g/mol. The molecule has 0 spiro atoms. The lowest BCUT2D eigenvalue weighted by molar-refractivity contribution is -0.118. The van der Waals surface area contributed by atoms with Gasteiger partial charge in [0.2, 0.25) is 5.91 Å². The average molecular weight is 215 g/mol. The van der Waals surface area contributed by atoms with Crippen molar-refractivity contribution in [3.05, 3.63) is 42.1 Å². The smallest absolute Gasteiger partial charge is 0.219 e. The molecule has 0 fully saturated rings. The van der Waals surface area contributed by atoms with Crippen LogP contribution in [0.2, 0.25) is 0 Å². The van der Waals surface area contributed by atoms with E-state index >= 15 is 0 Å². The standard InChI is InChI=1S/C12H13N3O/c13-10(7-12(14)16)8-5-6-15-11-4-2-1-3-9(8)11/h1-6,10H,7,13H2,(H2,14,16). The Morgan fingerprint density at radius 1 is 1.31 bits per heavy atom. The van der Waals surface area contributed by atoms with Gasteiger partial charge in [-0.05, 0) is 17.7 Å². The summed E-state index contributed by atoms with van der Waals surface area (Å²) in [6.45, 7) is 0. The highest BCUT2D eigenvalue weighted by Crippen LogP contribution is 2.22. The molecule has 0 saturated heterocycles. The van der Waals surface area contributed by atoms with Crippen LogP contribution in [0, 0.1) is 0 Å². The normalized spacial score (nSPS) is 12.6. The molecule has 0 aliphatic heterocycles. The van der Waals surface area contributed by atoms with Crippen LogP contribution in [0.5, 0.6) is 0 Å². The number of amides is 1. The Bertz CT molecular complexity index is 519. The second-order valence-corrected chi connectivity index (χ2v) is 3.69. The van der Waals surface area contributed by atoms with Gasteiger partial charge in [-0.25, -0.2) is 0 Å². The van der Waals surface area contributed by atoms with Crippen LogP contribution < -0.4 is 11.5 Å². The number of carbonyl (C=O) groups is 1. The molecule has 1 atom stereocenters. The van der Waals surface area contributed by atoms with Crippen LogP contribution in [0.25, 0.3) is 10.9 Å². The number of hydrogen-bond donors (Lipinski definition) is 2. The maximum Gasteiger partial charge on any atom is 0.219 e. The highest BCUT2D eigenvalue weighted by molar-refractivity contribution is 5.83. The summed E-state index contributed by atoms with van der Waals surface area (Å²) in [6, 6.07) is 9.15. The van der Waals surface area contributed by atoms with Crippen LogP contribution in [0.4, 0.5) is 0 Å². The van der Waals surface area contributed by atoms with Crippen molar-refractivity contribution in [1.82, 2.24) is 4.98 Å². The molecule has 0 aliphatic carbocycles. The van der Waals surface area contributed by atoms with Gasteiger partial charge in [0.25, 0.3) is 0 Å². The molecule has 1 heterocycles. The Morgan fingerprint density at radius 3 is 2.81 bits per heavy atom. The Hall–Kier alpha value is -1.94. The van der Waals surface area contributed by atoms with E-state index in [4.69, 9.17) is 11.5 Å². The summed E-state index contributed by atoms with van der Waals surface area (Å²) in [5.74, 6) is -0.395. The molecule has 0 saturated carbocycles. The fourth-order valence-electron chi connectivity index (χ4n) is 1.77. The van der Waals surface area contributed by atoms with Crippen LogP contribution in [0.15, 0.2) is 36.5 Å². The Morgan fingerprint density at radius 2 is 2.06 bits per heavy atom. The first-order valence-electron chi connectivity index (χ1n) is 5.06. The number of benzene rings is 1. The molecule has 4 N–H and O–H groups in total. The van der Waals surface area contributed by atoms with Gasteiger partial charge in [-0.2, -0.15) is 0 Å². The predicted molar refractivity (Wildman–Crippen MR) is 62.5 cm³/mol. The van der Waals surface area contributed by atoms with Crippen molar-refractivity contribution in [1.29, 1.82) is 0 Å². The number of nitrogens with zero attached hydrogens (tertiary/aromatic N) is 1. The summed E-state index contributed by atoms with van der Waals surface area (Å²) in [7, 11) is 0. The number of carbonyl (C=O) groups excluding carboxylic acids is 1. The number of pyridine rings is 1. The topological polar surface area (TPSA) is 82.0 Å². The zero-order valence-electron chi connectivity index (χ0n) is 8.76. The Labute approximate surface area is 93.3 Å². The third kappa shape index (κ3) is 2.01. The molecule has 0 radical (unpaired) electrons. The van der Waals surface area contributed by atoms with Crippen LogP contribution in [-0.4, -0.2) is 10.9 Å². The van der Waals surface area contributed by atoms with Gasteiger partial charge < -0.3 is 11.5 Å². The molecule has 82 valence electrons. The summed E-state index contributed by atoms with van der Waals surface area (Å²) < 4.78 is 0. The van der Waals surface area contributed by atoms with Crippen molar-refractivity contribution < 1.29 is 4.79 Å². The van der Waals surface area contributed by atoms with E-state index in [-0.39, 0.29) is 12.5 Å². The van der Waals surface area contributed by atoms with Gasteiger partial charge >= 0.3 is 0 Å². The van der Waals surface area contributed by atoms with E-state index in [0.717, 1.165) is 16.5 Å². The molecule has 2 aromatic rings. The number of aromatic nitrogens is 1. The quantitative estimate of drug-likeness (QED) is 0.804. The first-order chi connectivity index (χ1) is 7.68. The number of para-hydroxylation sites is 1. The predicted octanol–water partition coefficient (Wildman–Crippen LogP) is 1.11. The molecule has 1 aromatic heterocycles. The van der Waals surface area contributed by atoms with Crippen LogP contribution in [-0.2, 0) is 4.79 Å². The van der Waals surface area contributed by atoms with Crippen molar-refractivity contribution >= 4 is 16.8 Å². The maximum absolute atomic E-state index is 10.8. The van der Waals surface area contributed by atoms with E-state index in [2.05, 4.69) is 4.98 Å². The molecule has 0 aliphatic rings. The van der Waals surface area contributed by atoms with Crippen molar-refractivity contribution in [2.75, 3.05) is 0 Å². The summed E-state index contributed by atoms with van der Waals surface area (Å²) >= 11 is 0. The first kappa shape index (κ1) is 10.6. The van der Waals surface area contributed by atoms with Gasteiger partial charge in [0.15, 0.2) is 0 Å². The third-order valence-electron chi connectivity index (χ3n) is 2.50. The minimum absolute atomic E-state index is 0.147. The summed E-state index contributed by atoms with van der Waals surface area (Å²) in [6.07, 6.45) is 1.84. The molecule has 4 heteroatoms. The molecule has 2 rings (SSSR count). The van der Waals surface area contributed by atoms with Crippen molar-refractivity contribution in [3.8, 4) is 0 Å². The lowest BCUT2D eigenvalue weighted by Crippen LogP contribution is -2.20. The van der Waals surface area contributed by atoms with E-state index in [9.17, 15) is 4.79 Å². The minimum Gasteiger partial charge on any atom is -0.370 e. The van der Waals surface area contributed by atoms with Crippen LogP contribution in [0.3, 0.4) is 0 Å². The summed E-state index contributed by atoms with van der Waals surface area (Å²) in [5, 5.41) is 0.971. The first-order valence-corrected chi connectivity index (χ1v) is 5.06. The summed E-state index contributed by atoms with van der Waals surface area (Å²) in [5.41, 5.74) is 12.9. The van der Waals surface area contributed by atoms with Crippen molar-refractivity contribution in [2.45, 2.75) is 12.5 Å². The number of fused-ring (bicyclic) bond motifs is 1. The number of rotatable bonds is 3. The third-order valence-corrected chi connectivity index (χ3v) is 2.50. The largest absolute Gasteiger partial charge is 0.370 e. The van der Waals surface area contributed by atoms with Gasteiger partial charge in [-0.1, -0.05) is 18.2 Å². The minimum atomic E-state index is -0.395. The monoisotopic (exact) mass is 215 g/mol. The zero-order valence-corrected chi connectivity index (χ0v) is 8.76. The molecule has 0 bridgehead atoms. The molecule has 4 nitrogen and oxygen atoms in total. The lowest BCUT2D eigenvalue weighted by Gasteiger charge is -2.12. The van der Waals surface area contributed by atoms with Gasteiger partial charge in [-0.15, -0.1) is 0 Å². The van der Waals surface area contributed by atoms with Gasteiger partial charge in [0.1, 0.15) is 0 Å². The molecule has 1 amide bonds. The van der Waals surface area contributed by atoms with E-state index in [1.54, 1.807) is 6.20 Å². The molecular formula is C12H13N3O. The highest BCUT2D eigenvalue weighted by atomic mass is 16.1.